The second-order valence-corrected chi connectivity index (χ2v) is 3.86. The van der Waals surface area contributed by atoms with Gasteiger partial charge in [0.1, 0.15) is 5.82 Å². The topological polar surface area (TPSA) is 58.4 Å². The molecule has 0 bridgehead atoms. The number of nitrogens with two attached hydrogens (primary N) is 1. The Balaban J connectivity index is 2.48. The lowest BCUT2D eigenvalue weighted by atomic mass is 10.2. The fourth-order valence-corrected chi connectivity index (χ4v) is 1.92. The van der Waals surface area contributed by atoms with Gasteiger partial charge in [-0.05, 0) is 6.07 Å². The summed E-state index contributed by atoms with van der Waals surface area (Å²) in [6.07, 6.45) is 0.232. The van der Waals surface area contributed by atoms with Crippen molar-refractivity contribution in [3.63, 3.8) is 0 Å². The molecule has 1 heterocycles. The van der Waals surface area contributed by atoms with Crippen molar-refractivity contribution in [3.8, 4) is 0 Å². The average Bonchev–Trinajstić information content (AvgIpc) is 2.38. The number of carbonyl (C=O) groups excluding carboxylic acids is 1. The van der Waals surface area contributed by atoms with E-state index in [1.165, 1.54) is 0 Å². The van der Waals surface area contributed by atoms with Crippen LogP contribution in [-0.2, 0) is 4.79 Å². The molecular weight excluding hydrogens is 228 g/mol. The van der Waals surface area contributed by atoms with Crippen LogP contribution in [-0.4, -0.2) is 25.5 Å². The number of hydrogen-bond acceptors (Lipinski definition) is 3. The third-order valence-corrected chi connectivity index (χ3v) is 2.63. The number of fused-ring (bicyclic) bond motifs is 1. The first-order chi connectivity index (χ1) is 8.11. The van der Waals surface area contributed by atoms with Crippen molar-refractivity contribution in [1.82, 2.24) is 0 Å². The average molecular weight is 241 g/mol. The molecule has 2 rings (SSSR count). The van der Waals surface area contributed by atoms with E-state index in [2.05, 4.69) is 5.32 Å². The predicted molar refractivity (Wildman–Crippen MR) is 60.9 cm³/mol. The maximum atomic E-state index is 13.7. The summed E-state index contributed by atoms with van der Waals surface area (Å²) >= 11 is 0. The van der Waals surface area contributed by atoms with Gasteiger partial charge >= 0.3 is 0 Å². The normalized spacial score (nSPS) is 15.2. The van der Waals surface area contributed by atoms with Gasteiger partial charge in [-0.15, -0.1) is 0 Å². The van der Waals surface area contributed by atoms with E-state index in [0.717, 1.165) is 12.1 Å². The molecule has 1 aliphatic rings. The molecule has 17 heavy (non-hydrogen) atoms. The highest BCUT2D eigenvalue weighted by Gasteiger charge is 2.22. The van der Waals surface area contributed by atoms with Gasteiger partial charge in [-0.2, -0.15) is 0 Å². The fourth-order valence-electron chi connectivity index (χ4n) is 1.92. The first kappa shape index (κ1) is 11.8. The number of nitrogens with one attached hydrogen (secondary N) is 1. The SMILES string of the molecule is NCCN1CCC(=O)Nc2cc(F)cc(F)c21. The molecule has 3 N–H and O–H groups in total. The van der Waals surface area contributed by atoms with E-state index in [1.807, 2.05) is 0 Å². The molecule has 1 aliphatic heterocycles. The molecule has 1 aromatic carbocycles. The molecule has 6 heteroatoms. The largest absolute Gasteiger partial charge is 0.366 e. The zero-order valence-electron chi connectivity index (χ0n) is 9.17. The maximum Gasteiger partial charge on any atom is 0.226 e. The number of nitrogens with zero attached hydrogens (tertiary/aromatic N) is 1. The Labute approximate surface area is 97.4 Å². The Kier molecular flexibility index (Phi) is 3.23. The number of hydrogen-bond donors (Lipinski definition) is 2. The summed E-state index contributed by atoms with van der Waals surface area (Å²) in [5.74, 6) is -1.65. The van der Waals surface area contributed by atoms with Crippen molar-refractivity contribution in [3.05, 3.63) is 23.8 Å². The predicted octanol–water partition coefficient (Wildman–Crippen LogP) is 1.07. The Hall–Kier alpha value is -1.69. The van der Waals surface area contributed by atoms with Crippen LogP contribution >= 0.6 is 0 Å². The molecule has 1 aromatic rings. The highest BCUT2D eigenvalue weighted by Crippen LogP contribution is 2.32. The van der Waals surface area contributed by atoms with E-state index in [1.54, 1.807) is 4.90 Å². The highest BCUT2D eigenvalue weighted by atomic mass is 19.1. The van der Waals surface area contributed by atoms with Crippen LogP contribution in [0.1, 0.15) is 6.42 Å². The zero-order chi connectivity index (χ0) is 12.4. The molecule has 0 aromatic heterocycles. The summed E-state index contributed by atoms with van der Waals surface area (Å²) in [5.41, 5.74) is 5.81. The van der Waals surface area contributed by atoms with Crippen molar-refractivity contribution in [2.45, 2.75) is 6.42 Å². The molecule has 1 amide bonds. The minimum Gasteiger partial charge on any atom is -0.366 e. The molecule has 0 unspecified atom stereocenters. The molecule has 0 fully saturated rings. The number of anilines is 2. The number of rotatable bonds is 2. The quantitative estimate of drug-likeness (QED) is 0.814. The first-order valence-corrected chi connectivity index (χ1v) is 5.35. The van der Waals surface area contributed by atoms with Crippen molar-refractivity contribution in [2.75, 3.05) is 29.9 Å². The lowest BCUT2D eigenvalue weighted by molar-refractivity contribution is -0.115. The van der Waals surface area contributed by atoms with Gasteiger partial charge in [0, 0.05) is 32.1 Å². The molecule has 0 atom stereocenters. The summed E-state index contributed by atoms with van der Waals surface area (Å²) in [7, 11) is 0. The van der Waals surface area contributed by atoms with Gasteiger partial charge < -0.3 is 16.0 Å². The summed E-state index contributed by atoms with van der Waals surface area (Å²) < 4.78 is 26.8. The Morgan fingerprint density at radius 2 is 2.18 bits per heavy atom. The van der Waals surface area contributed by atoms with Crippen molar-refractivity contribution >= 4 is 17.3 Å². The van der Waals surface area contributed by atoms with Crippen molar-refractivity contribution in [2.24, 2.45) is 5.73 Å². The van der Waals surface area contributed by atoms with E-state index in [9.17, 15) is 13.6 Å². The smallest absolute Gasteiger partial charge is 0.226 e. The van der Waals surface area contributed by atoms with Gasteiger partial charge in [0.2, 0.25) is 5.91 Å². The van der Waals surface area contributed by atoms with Crippen molar-refractivity contribution < 1.29 is 13.6 Å². The van der Waals surface area contributed by atoms with Crippen LogP contribution in [0.5, 0.6) is 0 Å². The molecule has 0 radical (unpaired) electrons. The molecule has 0 spiro atoms. The first-order valence-electron chi connectivity index (χ1n) is 5.35. The Morgan fingerprint density at radius 3 is 2.88 bits per heavy atom. The van der Waals surface area contributed by atoms with Gasteiger partial charge in [-0.1, -0.05) is 0 Å². The van der Waals surface area contributed by atoms with E-state index in [0.29, 0.717) is 19.6 Å². The van der Waals surface area contributed by atoms with Gasteiger partial charge in [0.15, 0.2) is 5.82 Å². The van der Waals surface area contributed by atoms with Gasteiger partial charge in [-0.3, -0.25) is 4.79 Å². The molecule has 0 aliphatic carbocycles. The second kappa shape index (κ2) is 4.67. The molecule has 92 valence electrons. The van der Waals surface area contributed by atoms with Crippen LogP contribution in [0, 0.1) is 11.6 Å². The third-order valence-electron chi connectivity index (χ3n) is 2.63. The Morgan fingerprint density at radius 1 is 1.41 bits per heavy atom. The second-order valence-electron chi connectivity index (χ2n) is 3.86. The van der Waals surface area contributed by atoms with Gasteiger partial charge in [0.25, 0.3) is 0 Å². The van der Waals surface area contributed by atoms with Gasteiger partial charge in [0.05, 0.1) is 11.4 Å². The van der Waals surface area contributed by atoms with Crippen LogP contribution in [0.25, 0.3) is 0 Å². The summed E-state index contributed by atoms with van der Waals surface area (Å²) in [4.78, 5) is 13.1. The fraction of sp³-hybridized carbons (Fsp3) is 0.364. The minimum atomic E-state index is -0.712. The van der Waals surface area contributed by atoms with Crippen LogP contribution in [0.4, 0.5) is 20.2 Å². The van der Waals surface area contributed by atoms with Crippen LogP contribution < -0.4 is 16.0 Å². The Bertz CT molecular complexity index is 451. The van der Waals surface area contributed by atoms with E-state index < -0.39 is 11.6 Å². The minimum absolute atomic E-state index is 0.165. The molecule has 0 saturated heterocycles. The van der Waals surface area contributed by atoms with Crippen LogP contribution in [0.3, 0.4) is 0 Å². The lowest BCUT2D eigenvalue weighted by Gasteiger charge is -2.23. The highest BCUT2D eigenvalue weighted by molar-refractivity contribution is 5.96. The molecule has 4 nitrogen and oxygen atoms in total. The van der Waals surface area contributed by atoms with Gasteiger partial charge in [-0.25, -0.2) is 8.78 Å². The third kappa shape index (κ3) is 2.36. The van der Waals surface area contributed by atoms with E-state index in [4.69, 9.17) is 5.73 Å². The summed E-state index contributed by atoms with van der Waals surface area (Å²) in [5, 5.41) is 2.49. The van der Waals surface area contributed by atoms with Crippen LogP contribution in [0.2, 0.25) is 0 Å². The summed E-state index contributed by atoms with van der Waals surface area (Å²) in [6.45, 7) is 1.13. The number of amides is 1. The molecular formula is C11H13F2N3O. The zero-order valence-corrected chi connectivity index (χ0v) is 9.17. The van der Waals surface area contributed by atoms with E-state index in [-0.39, 0.29) is 23.7 Å². The summed E-state index contributed by atoms with van der Waals surface area (Å²) in [6, 6.07) is 1.92. The number of carbonyl (C=O) groups is 1. The monoisotopic (exact) mass is 241 g/mol. The van der Waals surface area contributed by atoms with E-state index >= 15 is 0 Å². The van der Waals surface area contributed by atoms with Crippen molar-refractivity contribution in [1.29, 1.82) is 0 Å². The lowest BCUT2D eigenvalue weighted by Crippen LogP contribution is -2.31. The van der Waals surface area contributed by atoms with Crippen LogP contribution in [0.15, 0.2) is 12.1 Å². The standard InChI is InChI=1S/C11H13F2N3O/c12-7-5-8(13)11-9(6-7)15-10(17)1-3-16(11)4-2-14/h5-6H,1-4,14H2,(H,15,17). The number of benzene rings is 1. The number of halogens is 2. The molecule has 0 saturated carbocycles. The maximum absolute atomic E-state index is 13.7.